The molecule has 0 saturated carbocycles. The third-order valence-electron chi connectivity index (χ3n) is 4.11. The van der Waals surface area contributed by atoms with Crippen LogP contribution in [0.4, 0.5) is 0 Å². The molecule has 1 aliphatic rings. The Labute approximate surface area is 168 Å². The maximum Gasteiger partial charge on any atom is 0.364 e. The molecule has 0 spiro atoms. The molecule has 29 heavy (non-hydrogen) atoms. The minimum atomic E-state index is -3.89. The second kappa shape index (κ2) is 7.09. The molecule has 9 heteroatoms. The second-order valence-corrected chi connectivity index (χ2v) is 9.34. The van der Waals surface area contributed by atoms with Crippen molar-refractivity contribution in [2.24, 2.45) is 0 Å². The summed E-state index contributed by atoms with van der Waals surface area (Å²) in [6.45, 7) is 6.66. The molecule has 0 saturated heterocycles. The molecule has 2 amide bonds. The third kappa shape index (κ3) is 4.06. The van der Waals surface area contributed by atoms with Crippen LogP contribution in [0.25, 0.3) is 0 Å². The Balaban J connectivity index is 1.89. The Morgan fingerprint density at radius 1 is 1.00 bits per heavy atom. The summed E-state index contributed by atoms with van der Waals surface area (Å²) in [5, 5.41) is 0.390. The maximum atomic E-state index is 12.6. The summed E-state index contributed by atoms with van der Waals surface area (Å²) in [7, 11) is -3.89. The molecule has 0 bridgehead atoms. The quantitative estimate of drug-likeness (QED) is 0.767. The molecular formula is C20H20N2O6S. The van der Waals surface area contributed by atoms with Gasteiger partial charge in [0.05, 0.1) is 21.6 Å². The number of carbonyl (C=O) groups is 3. The van der Waals surface area contributed by atoms with E-state index in [9.17, 15) is 22.8 Å². The first-order valence-electron chi connectivity index (χ1n) is 8.75. The van der Waals surface area contributed by atoms with E-state index in [1.807, 2.05) is 0 Å². The number of hydrogen-bond donors (Lipinski definition) is 1. The molecule has 0 fully saturated rings. The van der Waals surface area contributed by atoms with Gasteiger partial charge in [-0.1, -0.05) is 23.3 Å². The van der Waals surface area contributed by atoms with Crippen LogP contribution in [0.15, 0.2) is 47.4 Å². The van der Waals surface area contributed by atoms with Gasteiger partial charge in [0.15, 0.2) is 0 Å². The van der Waals surface area contributed by atoms with Crippen molar-refractivity contribution < 1.29 is 27.6 Å². The number of nitrogens with zero attached hydrogens (tertiary/aromatic N) is 1. The number of hydroxylamine groups is 2. The van der Waals surface area contributed by atoms with Crippen LogP contribution in [-0.2, 0) is 14.9 Å². The summed E-state index contributed by atoms with van der Waals surface area (Å²) in [6, 6.07) is 10.1. The lowest BCUT2D eigenvalue weighted by molar-refractivity contribution is -0.0585. The highest BCUT2D eigenvalue weighted by Crippen LogP contribution is 2.24. The zero-order valence-corrected chi connectivity index (χ0v) is 17.2. The Morgan fingerprint density at radius 3 is 2.07 bits per heavy atom. The highest BCUT2D eigenvalue weighted by atomic mass is 32.2. The highest BCUT2D eigenvalue weighted by molar-refractivity contribution is 7.89. The Kier molecular flexibility index (Phi) is 5.06. The molecule has 152 valence electrons. The lowest BCUT2D eigenvalue weighted by atomic mass is 10.1. The van der Waals surface area contributed by atoms with Crippen LogP contribution in [0.3, 0.4) is 0 Å². The van der Waals surface area contributed by atoms with Crippen LogP contribution in [-0.4, -0.2) is 36.8 Å². The minimum Gasteiger partial charge on any atom is -0.324 e. The number of aryl methyl sites for hydroxylation is 1. The van der Waals surface area contributed by atoms with E-state index >= 15 is 0 Å². The molecular weight excluding hydrogens is 396 g/mol. The highest BCUT2D eigenvalue weighted by Gasteiger charge is 2.39. The predicted octanol–water partition coefficient (Wildman–Crippen LogP) is 2.44. The van der Waals surface area contributed by atoms with Crippen LogP contribution in [0.2, 0.25) is 0 Å². The molecule has 3 rings (SSSR count). The lowest BCUT2D eigenvalue weighted by Crippen LogP contribution is -2.40. The molecule has 1 aliphatic heterocycles. The molecule has 2 aromatic rings. The van der Waals surface area contributed by atoms with Gasteiger partial charge in [-0.05, 0) is 57.5 Å². The van der Waals surface area contributed by atoms with Gasteiger partial charge >= 0.3 is 5.97 Å². The molecule has 1 heterocycles. The first kappa shape index (κ1) is 20.7. The molecule has 0 unspecified atom stereocenters. The molecule has 0 aromatic heterocycles. The molecule has 0 aliphatic carbocycles. The molecule has 0 atom stereocenters. The van der Waals surface area contributed by atoms with E-state index in [0.717, 1.165) is 6.07 Å². The first-order chi connectivity index (χ1) is 13.4. The largest absolute Gasteiger partial charge is 0.364 e. The summed E-state index contributed by atoms with van der Waals surface area (Å²) in [5.41, 5.74) is -0.0926. The normalized spacial score (nSPS) is 14.1. The fraction of sp³-hybridized carbons (Fsp3) is 0.250. The van der Waals surface area contributed by atoms with Crippen LogP contribution >= 0.6 is 0 Å². The Hall–Kier alpha value is -3.04. The van der Waals surface area contributed by atoms with E-state index in [2.05, 4.69) is 4.72 Å². The standard InChI is InChI=1S/C20H20N2O6S/c1-12-9-10-13(29(26,27)21-20(2,3)4)11-16(12)19(25)28-22-17(23)14-7-5-6-8-15(14)18(22)24/h5-11,21H,1-4H3. The van der Waals surface area contributed by atoms with Gasteiger partial charge in [-0.3, -0.25) is 9.59 Å². The van der Waals surface area contributed by atoms with E-state index in [1.165, 1.54) is 24.3 Å². The maximum absolute atomic E-state index is 12.6. The average molecular weight is 416 g/mol. The fourth-order valence-corrected chi connectivity index (χ4v) is 4.28. The average Bonchev–Trinajstić information content (AvgIpc) is 2.85. The number of rotatable bonds is 4. The van der Waals surface area contributed by atoms with E-state index < -0.39 is 33.3 Å². The van der Waals surface area contributed by atoms with Gasteiger partial charge in [0.2, 0.25) is 10.0 Å². The van der Waals surface area contributed by atoms with Crippen LogP contribution in [0.1, 0.15) is 57.4 Å². The lowest BCUT2D eigenvalue weighted by Gasteiger charge is -2.21. The summed E-state index contributed by atoms with van der Waals surface area (Å²) in [5.74, 6) is -2.52. The zero-order chi connectivity index (χ0) is 21.6. The van der Waals surface area contributed by atoms with Gasteiger partial charge in [0, 0.05) is 5.54 Å². The van der Waals surface area contributed by atoms with E-state index in [-0.39, 0.29) is 21.6 Å². The monoisotopic (exact) mass is 416 g/mol. The van der Waals surface area contributed by atoms with Crippen molar-refractivity contribution in [3.63, 3.8) is 0 Å². The molecule has 2 aromatic carbocycles. The summed E-state index contributed by atoms with van der Waals surface area (Å²) in [4.78, 5) is 42.3. The van der Waals surface area contributed by atoms with Crippen molar-refractivity contribution in [1.82, 2.24) is 9.79 Å². The van der Waals surface area contributed by atoms with Crippen LogP contribution < -0.4 is 4.72 Å². The number of nitrogens with one attached hydrogen (secondary N) is 1. The summed E-state index contributed by atoms with van der Waals surface area (Å²) >= 11 is 0. The smallest absolute Gasteiger partial charge is 0.324 e. The number of imide groups is 1. The van der Waals surface area contributed by atoms with Gasteiger partial charge in [-0.15, -0.1) is 0 Å². The molecule has 1 N–H and O–H groups in total. The Morgan fingerprint density at radius 2 is 1.55 bits per heavy atom. The summed E-state index contributed by atoms with van der Waals surface area (Å²) in [6.07, 6.45) is 0. The number of amides is 2. The predicted molar refractivity (Wildman–Crippen MR) is 104 cm³/mol. The first-order valence-corrected chi connectivity index (χ1v) is 10.2. The fourth-order valence-electron chi connectivity index (χ4n) is 2.83. The van der Waals surface area contributed by atoms with Crippen molar-refractivity contribution in [2.45, 2.75) is 38.1 Å². The third-order valence-corrected chi connectivity index (χ3v) is 5.87. The van der Waals surface area contributed by atoms with Crippen molar-refractivity contribution in [2.75, 3.05) is 0 Å². The number of benzene rings is 2. The van der Waals surface area contributed by atoms with Crippen molar-refractivity contribution in [1.29, 1.82) is 0 Å². The number of carbonyl (C=O) groups excluding carboxylic acids is 3. The van der Waals surface area contributed by atoms with Gasteiger partial charge < -0.3 is 4.84 Å². The van der Waals surface area contributed by atoms with E-state index in [0.29, 0.717) is 10.6 Å². The minimum absolute atomic E-state index is 0.0710. The van der Waals surface area contributed by atoms with Gasteiger partial charge in [-0.25, -0.2) is 17.9 Å². The number of fused-ring (bicyclic) bond motifs is 1. The van der Waals surface area contributed by atoms with E-state index in [1.54, 1.807) is 39.8 Å². The van der Waals surface area contributed by atoms with Crippen molar-refractivity contribution in [3.8, 4) is 0 Å². The number of hydrogen-bond acceptors (Lipinski definition) is 6. The topological polar surface area (TPSA) is 110 Å². The molecule has 8 nitrogen and oxygen atoms in total. The SMILES string of the molecule is Cc1ccc(S(=O)(=O)NC(C)(C)C)cc1C(=O)ON1C(=O)c2ccccc2C1=O. The van der Waals surface area contributed by atoms with Gasteiger partial charge in [0.1, 0.15) is 0 Å². The van der Waals surface area contributed by atoms with Crippen molar-refractivity contribution in [3.05, 3.63) is 64.7 Å². The van der Waals surface area contributed by atoms with Crippen LogP contribution in [0.5, 0.6) is 0 Å². The van der Waals surface area contributed by atoms with Gasteiger partial charge in [0.25, 0.3) is 11.8 Å². The van der Waals surface area contributed by atoms with E-state index in [4.69, 9.17) is 4.84 Å². The van der Waals surface area contributed by atoms with Crippen molar-refractivity contribution >= 4 is 27.8 Å². The zero-order valence-electron chi connectivity index (χ0n) is 16.3. The van der Waals surface area contributed by atoms with Crippen LogP contribution in [0, 0.1) is 6.92 Å². The van der Waals surface area contributed by atoms with Gasteiger partial charge in [-0.2, -0.15) is 0 Å². The second-order valence-electron chi connectivity index (χ2n) is 7.66. The summed E-state index contributed by atoms with van der Waals surface area (Å²) < 4.78 is 27.6. The number of sulfonamides is 1. The molecule has 0 radical (unpaired) electrons. The Bertz CT molecular complexity index is 1100.